The van der Waals surface area contributed by atoms with Crippen molar-refractivity contribution in [2.24, 2.45) is 0 Å². The standard InChI is InChI=1S/C36H42N4Se2/c1-3-5-7-9-11-13-19-36(20-14-12-10-8-6-4-2)28-16-18-31-35(40-42-38-31)33(28)27-22-25-21-24-15-17-30-34(39-41-37-30)32(24)26(25)23-29(27)36/h15-18,22-23H,3-14,19-21H2,1-2H3. The molecule has 3 aromatic carbocycles. The number of benzene rings is 3. The van der Waals surface area contributed by atoms with Crippen LogP contribution in [0.1, 0.15) is 126 Å². The van der Waals surface area contributed by atoms with Gasteiger partial charge in [-0.25, -0.2) is 0 Å². The first-order chi connectivity index (χ1) is 20.7. The molecule has 2 aliphatic rings. The van der Waals surface area contributed by atoms with Crippen molar-refractivity contribution in [1.82, 2.24) is 15.9 Å². The van der Waals surface area contributed by atoms with E-state index < -0.39 is 0 Å². The second-order valence-corrected chi connectivity index (χ2v) is 14.9. The molecule has 0 amide bonds. The summed E-state index contributed by atoms with van der Waals surface area (Å²) in [5.74, 6) is 0. The number of unbranched alkanes of at least 4 members (excludes halogenated alkanes) is 10. The van der Waals surface area contributed by atoms with Crippen LogP contribution in [0.15, 0.2) is 36.4 Å². The van der Waals surface area contributed by atoms with Crippen LogP contribution in [0, 0.1) is 0 Å². The van der Waals surface area contributed by atoms with Crippen molar-refractivity contribution in [2.45, 2.75) is 116 Å². The molecule has 218 valence electrons. The molecule has 0 atom stereocenters. The number of nitrogens with zero attached hydrogens (tertiary/aromatic N) is 4. The first-order valence-electron chi connectivity index (χ1n) is 16.4. The van der Waals surface area contributed by atoms with Crippen LogP contribution in [0.5, 0.6) is 0 Å². The second kappa shape index (κ2) is 12.5. The quantitative estimate of drug-likeness (QED) is 0.0847. The Morgan fingerprint density at radius 1 is 0.571 bits per heavy atom. The molecule has 4 nitrogen and oxygen atoms in total. The molecule has 42 heavy (non-hydrogen) atoms. The van der Waals surface area contributed by atoms with E-state index in [0.717, 1.165) is 23.0 Å². The zero-order valence-corrected chi connectivity index (χ0v) is 28.6. The molecule has 0 spiro atoms. The summed E-state index contributed by atoms with van der Waals surface area (Å²) in [5.41, 5.74) is 16.2. The maximum atomic E-state index is 5.05. The average Bonchev–Trinajstić information content (AvgIpc) is 3.79. The van der Waals surface area contributed by atoms with Crippen molar-refractivity contribution < 1.29 is 0 Å². The zero-order valence-electron chi connectivity index (χ0n) is 25.2. The molecule has 0 saturated carbocycles. The van der Waals surface area contributed by atoms with Crippen molar-refractivity contribution in [3.8, 4) is 22.3 Å². The fourth-order valence-electron chi connectivity index (χ4n) is 7.92. The number of fused-ring (bicyclic) bond motifs is 10. The van der Waals surface area contributed by atoms with E-state index in [0.29, 0.717) is 0 Å². The van der Waals surface area contributed by atoms with Gasteiger partial charge in [-0.1, -0.05) is 13.8 Å². The molecule has 0 bridgehead atoms. The molecule has 0 aliphatic heterocycles. The predicted octanol–water partition coefficient (Wildman–Crippen LogP) is 9.03. The molecule has 0 N–H and O–H groups in total. The van der Waals surface area contributed by atoms with Gasteiger partial charge in [0.1, 0.15) is 0 Å². The van der Waals surface area contributed by atoms with E-state index in [4.69, 9.17) is 15.9 Å². The van der Waals surface area contributed by atoms with Crippen molar-refractivity contribution in [3.63, 3.8) is 0 Å². The Labute approximate surface area is 263 Å². The maximum absolute atomic E-state index is 5.05. The fourth-order valence-corrected chi connectivity index (χ4v) is 10.2. The van der Waals surface area contributed by atoms with Gasteiger partial charge in [0.05, 0.1) is 0 Å². The topological polar surface area (TPSA) is 51.6 Å². The normalized spacial score (nSPS) is 14.4. The summed E-state index contributed by atoms with van der Waals surface area (Å²) < 4.78 is 19.5. The number of aromatic nitrogens is 4. The molecule has 2 aliphatic carbocycles. The minimum atomic E-state index is -0.0261. The summed E-state index contributed by atoms with van der Waals surface area (Å²) in [6, 6.07) is 14.4. The molecule has 0 radical (unpaired) electrons. The third kappa shape index (κ3) is 4.97. The van der Waals surface area contributed by atoms with Crippen molar-refractivity contribution in [1.29, 1.82) is 0 Å². The monoisotopic (exact) mass is 690 g/mol. The Morgan fingerprint density at radius 3 is 1.83 bits per heavy atom. The molecule has 0 saturated heterocycles. The molecule has 7 rings (SSSR count). The van der Waals surface area contributed by atoms with Crippen LogP contribution < -0.4 is 0 Å². The first-order valence-corrected chi connectivity index (χ1v) is 19.5. The van der Waals surface area contributed by atoms with Gasteiger partial charge in [-0.3, -0.25) is 0 Å². The van der Waals surface area contributed by atoms with E-state index in [-0.39, 0.29) is 35.3 Å². The van der Waals surface area contributed by atoms with Gasteiger partial charge in [0.15, 0.2) is 0 Å². The fraction of sp³-hybridized carbons (Fsp3) is 0.500. The molecular weight excluding hydrogens is 646 g/mol. The van der Waals surface area contributed by atoms with Crippen molar-refractivity contribution in [3.05, 3.63) is 58.7 Å². The number of rotatable bonds is 14. The number of hydrogen-bond acceptors (Lipinski definition) is 4. The summed E-state index contributed by atoms with van der Waals surface area (Å²) in [6.45, 7) is 4.63. The molecule has 0 fully saturated rings. The summed E-state index contributed by atoms with van der Waals surface area (Å²) in [4.78, 5) is 0. The summed E-state index contributed by atoms with van der Waals surface area (Å²) in [6.07, 6.45) is 19.5. The number of hydrogen-bond donors (Lipinski definition) is 0. The van der Waals surface area contributed by atoms with Gasteiger partial charge < -0.3 is 0 Å². The van der Waals surface area contributed by atoms with Crippen molar-refractivity contribution in [2.75, 3.05) is 0 Å². The first kappa shape index (κ1) is 28.7. The van der Waals surface area contributed by atoms with E-state index in [2.05, 4.69) is 50.2 Å². The summed E-state index contributed by atoms with van der Waals surface area (Å²) >= 11 is -0.0402. The van der Waals surface area contributed by atoms with Gasteiger partial charge in [0.2, 0.25) is 0 Å². The van der Waals surface area contributed by atoms with E-state index in [1.165, 1.54) is 129 Å². The third-order valence-electron chi connectivity index (χ3n) is 10.1. The van der Waals surface area contributed by atoms with Crippen LogP contribution in [-0.4, -0.2) is 45.8 Å². The second-order valence-electron chi connectivity index (χ2n) is 12.7. The summed E-state index contributed by atoms with van der Waals surface area (Å²) in [7, 11) is 0. The predicted molar refractivity (Wildman–Crippen MR) is 177 cm³/mol. The Hall–Kier alpha value is -2.10. The van der Waals surface area contributed by atoms with Crippen LogP contribution in [0.4, 0.5) is 0 Å². The molecule has 0 unspecified atom stereocenters. The Balaban J connectivity index is 1.34. The zero-order chi connectivity index (χ0) is 28.5. The Kier molecular flexibility index (Phi) is 8.52. The molecule has 2 aromatic heterocycles. The van der Waals surface area contributed by atoms with E-state index in [9.17, 15) is 0 Å². The minimum absolute atomic E-state index is 0.0141. The van der Waals surface area contributed by atoms with E-state index in [1.807, 2.05) is 0 Å². The third-order valence-corrected chi connectivity index (χ3v) is 12.3. The van der Waals surface area contributed by atoms with Gasteiger partial charge >= 0.3 is 251 Å². The van der Waals surface area contributed by atoms with Gasteiger partial charge in [0, 0.05) is 0 Å². The molecule has 6 heteroatoms. The van der Waals surface area contributed by atoms with Gasteiger partial charge in [-0.15, -0.1) is 0 Å². The Morgan fingerprint density at radius 2 is 1.17 bits per heavy atom. The van der Waals surface area contributed by atoms with Gasteiger partial charge in [-0.2, -0.15) is 0 Å². The van der Waals surface area contributed by atoms with Crippen LogP contribution in [0.2, 0.25) is 0 Å². The van der Waals surface area contributed by atoms with Crippen LogP contribution in [-0.2, 0) is 11.8 Å². The molecule has 2 heterocycles. The average molecular weight is 689 g/mol. The van der Waals surface area contributed by atoms with E-state index in [1.54, 1.807) is 11.1 Å². The Bertz CT molecular complexity index is 1700. The van der Waals surface area contributed by atoms with Gasteiger partial charge in [0.25, 0.3) is 0 Å². The van der Waals surface area contributed by atoms with E-state index >= 15 is 0 Å². The van der Waals surface area contributed by atoms with Crippen LogP contribution in [0.25, 0.3) is 44.3 Å². The van der Waals surface area contributed by atoms with Gasteiger partial charge in [-0.05, 0) is 0 Å². The summed E-state index contributed by atoms with van der Waals surface area (Å²) in [5, 5.41) is 0. The van der Waals surface area contributed by atoms with Crippen molar-refractivity contribution >= 4 is 52.0 Å². The van der Waals surface area contributed by atoms with Crippen LogP contribution in [0.3, 0.4) is 0 Å². The molecule has 5 aromatic rings. The van der Waals surface area contributed by atoms with Crippen LogP contribution >= 0.6 is 0 Å². The SMILES string of the molecule is CCCCCCCCC1(CCCCCCCC)c2cc3c(cc2-c2c1ccc1n[se]nc21)Cc1ccc2n[se]nc2c1-3. The molecular formula is C36H42N4Se2.